The second-order valence-electron chi connectivity index (χ2n) is 7.20. The molecule has 3 aromatic rings. The molecule has 4 rings (SSSR count). The number of aromatic nitrogens is 3. The molecule has 0 spiro atoms. The van der Waals surface area contributed by atoms with Crippen LogP contribution in [0.25, 0.3) is 0 Å². The molecule has 150 valence electrons. The van der Waals surface area contributed by atoms with Crippen LogP contribution in [-0.4, -0.2) is 21.1 Å². The lowest BCUT2D eigenvalue weighted by molar-refractivity contribution is -0.137. The van der Waals surface area contributed by atoms with Gasteiger partial charge in [0.1, 0.15) is 11.9 Å². The van der Waals surface area contributed by atoms with E-state index in [1.54, 1.807) is 6.92 Å². The summed E-state index contributed by atoms with van der Waals surface area (Å²) in [4.78, 5) is 17.2. The average molecular weight is 400 g/mol. The number of carbonyl (C=O) groups excluding carboxylic acids is 1. The predicted molar refractivity (Wildman–Crippen MR) is 99.8 cm³/mol. The van der Waals surface area contributed by atoms with Crippen molar-refractivity contribution in [3.8, 4) is 0 Å². The van der Waals surface area contributed by atoms with E-state index in [9.17, 15) is 18.0 Å². The van der Waals surface area contributed by atoms with E-state index in [0.717, 1.165) is 23.3 Å². The van der Waals surface area contributed by atoms with Crippen molar-refractivity contribution in [3.05, 3.63) is 82.9 Å². The molecule has 8 heteroatoms. The Kier molecular flexibility index (Phi) is 4.86. The van der Waals surface area contributed by atoms with Crippen LogP contribution in [0.2, 0.25) is 0 Å². The van der Waals surface area contributed by atoms with Crippen LogP contribution in [0.15, 0.2) is 54.6 Å². The molecule has 0 saturated heterocycles. The second kappa shape index (κ2) is 7.35. The third-order valence-electron chi connectivity index (χ3n) is 5.09. The zero-order valence-electron chi connectivity index (χ0n) is 15.6. The molecule has 2 N–H and O–H groups in total. The number of nitrogens with zero attached hydrogens (tertiary/aromatic N) is 2. The minimum absolute atomic E-state index is 0.0809. The van der Waals surface area contributed by atoms with E-state index >= 15 is 0 Å². The lowest BCUT2D eigenvalue weighted by Crippen LogP contribution is -2.31. The molecule has 0 radical (unpaired) electrons. The molecule has 1 amide bonds. The van der Waals surface area contributed by atoms with Crippen LogP contribution in [0.4, 0.5) is 13.2 Å². The van der Waals surface area contributed by atoms with Gasteiger partial charge in [0.05, 0.1) is 5.56 Å². The first-order chi connectivity index (χ1) is 13.8. The van der Waals surface area contributed by atoms with Crippen molar-refractivity contribution in [2.45, 2.75) is 31.5 Å². The van der Waals surface area contributed by atoms with Gasteiger partial charge in [-0.15, -0.1) is 0 Å². The summed E-state index contributed by atoms with van der Waals surface area (Å²) in [5.41, 5.74) is 0.904. The minimum Gasteiger partial charge on any atom is -0.342 e. The Labute approximate surface area is 165 Å². The predicted octanol–water partition coefficient (Wildman–Crippen LogP) is 4.14. The summed E-state index contributed by atoms with van der Waals surface area (Å²) in [6.45, 7) is 1.78. The number of hydrogen-bond donors (Lipinski definition) is 2. The maximum Gasteiger partial charge on any atom is 0.416 e. The molecule has 1 aliphatic carbocycles. The summed E-state index contributed by atoms with van der Waals surface area (Å²) < 4.78 is 38.2. The number of nitrogens with one attached hydrogen (secondary N) is 2. The van der Waals surface area contributed by atoms with Crippen molar-refractivity contribution in [3.63, 3.8) is 0 Å². The number of H-pyrrole nitrogens is 1. The highest BCUT2D eigenvalue weighted by molar-refractivity contribution is 5.83. The van der Waals surface area contributed by atoms with E-state index in [1.165, 1.54) is 12.1 Å². The van der Waals surface area contributed by atoms with Crippen LogP contribution < -0.4 is 5.32 Å². The number of halogens is 3. The highest BCUT2D eigenvalue weighted by atomic mass is 19.4. The van der Waals surface area contributed by atoms with Gasteiger partial charge in [0, 0.05) is 5.92 Å². The van der Waals surface area contributed by atoms with Crippen LogP contribution in [0, 0.1) is 12.8 Å². The summed E-state index contributed by atoms with van der Waals surface area (Å²) in [6, 6.07) is 13.9. The lowest BCUT2D eigenvalue weighted by atomic mass is 10.0. The van der Waals surface area contributed by atoms with Crippen LogP contribution in [-0.2, 0) is 11.0 Å². The molecular weight excluding hydrogens is 381 g/mol. The number of aromatic amines is 1. The van der Waals surface area contributed by atoms with Crippen molar-refractivity contribution in [2.24, 2.45) is 5.92 Å². The number of carbonyl (C=O) groups is 1. The van der Waals surface area contributed by atoms with Gasteiger partial charge < -0.3 is 5.32 Å². The van der Waals surface area contributed by atoms with Crippen molar-refractivity contribution >= 4 is 5.91 Å². The van der Waals surface area contributed by atoms with Gasteiger partial charge in [-0.3, -0.25) is 9.89 Å². The fraction of sp³-hybridized carbons (Fsp3) is 0.286. The molecule has 3 unspecified atom stereocenters. The summed E-state index contributed by atoms with van der Waals surface area (Å²) in [5, 5.41) is 9.96. The molecule has 3 atom stereocenters. The Morgan fingerprint density at radius 2 is 1.83 bits per heavy atom. The van der Waals surface area contributed by atoms with Crippen LogP contribution in [0.5, 0.6) is 0 Å². The number of rotatable bonds is 5. The van der Waals surface area contributed by atoms with Gasteiger partial charge in [0.25, 0.3) is 0 Å². The molecule has 0 bridgehead atoms. The Balaban J connectivity index is 1.48. The van der Waals surface area contributed by atoms with Gasteiger partial charge in [-0.1, -0.05) is 42.5 Å². The highest BCUT2D eigenvalue weighted by Gasteiger charge is 2.45. The number of amides is 1. The van der Waals surface area contributed by atoms with Gasteiger partial charge in [0.2, 0.25) is 5.91 Å². The van der Waals surface area contributed by atoms with Gasteiger partial charge in [-0.05, 0) is 42.5 Å². The molecule has 1 fully saturated rings. The summed E-state index contributed by atoms with van der Waals surface area (Å²) in [7, 11) is 0. The maximum absolute atomic E-state index is 12.8. The van der Waals surface area contributed by atoms with Crippen molar-refractivity contribution < 1.29 is 18.0 Å². The highest BCUT2D eigenvalue weighted by Crippen LogP contribution is 2.48. The zero-order chi connectivity index (χ0) is 20.6. The summed E-state index contributed by atoms with van der Waals surface area (Å²) in [6.07, 6.45) is -3.76. The Morgan fingerprint density at radius 3 is 2.41 bits per heavy atom. The van der Waals surface area contributed by atoms with E-state index in [1.807, 2.05) is 30.3 Å². The van der Waals surface area contributed by atoms with Crippen molar-refractivity contribution in [1.82, 2.24) is 20.5 Å². The molecule has 1 saturated carbocycles. The number of benzene rings is 2. The molecule has 29 heavy (non-hydrogen) atoms. The molecule has 2 aromatic carbocycles. The first-order valence-electron chi connectivity index (χ1n) is 9.24. The van der Waals surface area contributed by atoms with E-state index in [4.69, 9.17) is 0 Å². The van der Waals surface area contributed by atoms with E-state index in [-0.39, 0.29) is 17.7 Å². The fourth-order valence-electron chi connectivity index (χ4n) is 3.45. The normalized spacial score (nSPS) is 19.6. The van der Waals surface area contributed by atoms with Gasteiger partial charge >= 0.3 is 6.18 Å². The Bertz CT molecular complexity index is 999. The molecule has 0 aliphatic heterocycles. The average Bonchev–Trinajstić information content (AvgIpc) is 3.40. The summed E-state index contributed by atoms with van der Waals surface area (Å²) >= 11 is 0. The van der Waals surface area contributed by atoms with Gasteiger partial charge in [-0.2, -0.15) is 18.3 Å². The third kappa shape index (κ3) is 4.16. The molecule has 1 aliphatic rings. The number of aryl methyl sites for hydroxylation is 1. The largest absolute Gasteiger partial charge is 0.416 e. The minimum atomic E-state index is -4.36. The lowest BCUT2D eigenvalue weighted by Gasteiger charge is -2.16. The monoisotopic (exact) mass is 400 g/mol. The van der Waals surface area contributed by atoms with E-state index in [2.05, 4.69) is 20.5 Å². The van der Waals surface area contributed by atoms with Crippen LogP contribution >= 0.6 is 0 Å². The number of hydrogen-bond acceptors (Lipinski definition) is 3. The first-order valence-corrected chi connectivity index (χ1v) is 9.24. The first kappa shape index (κ1) is 19.2. The molecule has 1 aromatic heterocycles. The maximum atomic E-state index is 12.8. The van der Waals surface area contributed by atoms with Crippen molar-refractivity contribution in [2.75, 3.05) is 0 Å². The fourth-order valence-corrected chi connectivity index (χ4v) is 3.45. The topological polar surface area (TPSA) is 70.7 Å². The standard InChI is InChI=1S/C21H19F3N4O/c1-12-25-19(28-27-12)18(14-5-3-2-4-6-14)26-20(29)17-11-16(17)13-7-9-15(10-8-13)21(22,23)24/h2-10,16-18H,11H2,1H3,(H,26,29)(H,25,27,28). The Morgan fingerprint density at radius 1 is 1.14 bits per heavy atom. The van der Waals surface area contributed by atoms with E-state index < -0.39 is 17.8 Å². The van der Waals surface area contributed by atoms with Crippen molar-refractivity contribution in [1.29, 1.82) is 0 Å². The quantitative estimate of drug-likeness (QED) is 0.676. The molecule has 1 heterocycles. The Hall–Kier alpha value is -3.16. The van der Waals surface area contributed by atoms with Gasteiger partial charge in [0.15, 0.2) is 5.82 Å². The smallest absolute Gasteiger partial charge is 0.342 e. The molecular formula is C21H19F3N4O. The summed E-state index contributed by atoms with van der Waals surface area (Å²) in [5.74, 6) is 0.588. The van der Waals surface area contributed by atoms with Gasteiger partial charge in [-0.25, -0.2) is 4.98 Å². The SMILES string of the molecule is Cc1nc(C(NC(=O)C2CC2c2ccc(C(F)(F)F)cc2)c2ccccc2)n[nH]1. The van der Waals surface area contributed by atoms with E-state index in [0.29, 0.717) is 18.1 Å². The zero-order valence-corrected chi connectivity index (χ0v) is 15.6. The molecule has 5 nitrogen and oxygen atoms in total. The number of alkyl halides is 3. The van der Waals surface area contributed by atoms with Crippen LogP contribution in [0.3, 0.4) is 0 Å². The third-order valence-corrected chi connectivity index (χ3v) is 5.09. The second-order valence-corrected chi connectivity index (χ2v) is 7.20. The van der Waals surface area contributed by atoms with Crippen LogP contribution in [0.1, 0.15) is 46.7 Å².